The van der Waals surface area contributed by atoms with Crippen LogP contribution in [0.2, 0.25) is 0 Å². The lowest BCUT2D eigenvalue weighted by molar-refractivity contribution is -0.286. The summed E-state index contributed by atoms with van der Waals surface area (Å²) in [4.78, 5) is 10.3. The van der Waals surface area contributed by atoms with Crippen LogP contribution in [0.4, 0.5) is 23.5 Å². The van der Waals surface area contributed by atoms with E-state index >= 15 is 0 Å². The van der Waals surface area contributed by atoms with E-state index in [9.17, 15) is 17.6 Å². The highest BCUT2D eigenvalue weighted by Crippen LogP contribution is 2.45. The first-order valence-electron chi connectivity index (χ1n) is 8.55. The number of nitrogens with zero attached hydrogens (tertiary/aromatic N) is 5. The van der Waals surface area contributed by atoms with Crippen LogP contribution in [0.5, 0.6) is 11.5 Å². The van der Waals surface area contributed by atoms with E-state index in [2.05, 4.69) is 24.5 Å². The van der Waals surface area contributed by atoms with Gasteiger partial charge < -0.3 is 15.2 Å². The molecule has 0 atom stereocenters. The molecule has 28 heavy (non-hydrogen) atoms. The zero-order valence-electron chi connectivity index (χ0n) is 14.3. The lowest BCUT2D eigenvalue weighted by Gasteiger charge is -2.30. The number of hydrogen-bond acceptors (Lipinski definition) is 7. The van der Waals surface area contributed by atoms with Crippen molar-refractivity contribution in [3.8, 4) is 11.5 Å². The van der Waals surface area contributed by atoms with Crippen molar-refractivity contribution in [2.75, 3.05) is 18.8 Å². The Labute approximate surface area is 154 Å². The molecule has 0 radical (unpaired) electrons. The van der Waals surface area contributed by atoms with Crippen LogP contribution in [0, 0.1) is 0 Å². The fraction of sp³-hybridized carbons (Fsp3) is 0.438. The van der Waals surface area contributed by atoms with E-state index in [1.807, 2.05) is 4.90 Å². The van der Waals surface area contributed by atoms with E-state index in [1.165, 1.54) is 16.6 Å². The highest BCUT2D eigenvalue weighted by Gasteiger charge is 2.45. The summed E-state index contributed by atoms with van der Waals surface area (Å²) in [5.74, 6) is -2.71. The third kappa shape index (κ3) is 2.75. The summed E-state index contributed by atoms with van der Waals surface area (Å²) in [5.41, 5.74) is 6.31. The minimum atomic E-state index is -3.78. The lowest BCUT2D eigenvalue weighted by Crippen LogP contribution is -2.39. The van der Waals surface area contributed by atoms with Gasteiger partial charge in [0.2, 0.25) is 5.95 Å². The van der Waals surface area contributed by atoms with Gasteiger partial charge in [-0.25, -0.2) is 18.7 Å². The van der Waals surface area contributed by atoms with Gasteiger partial charge in [-0.2, -0.15) is 4.52 Å². The summed E-state index contributed by atoms with van der Waals surface area (Å²) in [6.45, 7) is 0.719. The van der Waals surface area contributed by atoms with Gasteiger partial charge in [0.05, 0.1) is 6.54 Å². The van der Waals surface area contributed by atoms with Gasteiger partial charge in [0.25, 0.3) is 5.92 Å². The largest absolute Gasteiger partial charge is 0.586 e. The summed E-state index contributed by atoms with van der Waals surface area (Å²) in [6, 6.07) is 2.85. The molecule has 2 aliphatic heterocycles. The number of benzene rings is 1. The molecule has 0 aliphatic carbocycles. The number of anilines is 1. The number of rotatable bonds is 2. The van der Waals surface area contributed by atoms with E-state index < -0.39 is 12.2 Å². The fourth-order valence-corrected chi connectivity index (χ4v) is 3.45. The third-order valence-corrected chi connectivity index (χ3v) is 4.83. The summed E-state index contributed by atoms with van der Waals surface area (Å²) >= 11 is 0. The Morgan fingerprint density at radius 3 is 2.57 bits per heavy atom. The molecule has 0 spiro atoms. The Bertz CT molecular complexity index is 1090. The fourth-order valence-electron chi connectivity index (χ4n) is 3.45. The molecule has 4 heterocycles. The summed E-state index contributed by atoms with van der Waals surface area (Å²) < 4.78 is 63.7. The number of likely N-dealkylation sites (tertiary alicyclic amines) is 1. The predicted octanol–water partition coefficient (Wildman–Crippen LogP) is 2.41. The normalized spacial score (nSPS) is 20.9. The van der Waals surface area contributed by atoms with Gasteiger partial charge in [-0.15, -0.1) is 13.9 Å². The number of halogens is 4. The Morgan fingerprint density at radius 2 is 1.82 bits per heavy atom. The Morgan fingerprint density at radius 1 is 1.07 bits per heavy atom. The number of nitrogens with two attached hydrogens (primary N) is 1. The zero-order chi connectivity index (χ0) is 19.7. The van der Waals surface area contributed by atoms with Crippen LogP contribution in [-0.2, 0) is 6.54 Å². The maximum absolute atomic E-state index is 13.4. The summed E-state index contributed by atoms with van der Waals surface area (Å²) in [5, 5.41) is 4.68. The average Bonchev–Trinajstić information content (AvgIpc) is 3.17. The molecule has 0 unspecified atom stereocenters. The second kappa shape index (κ2) is 5.56. The van der Waals surface area contributed by atoms with Crippen LogP contribution in [0.15, 0.2) is 12.1 Å². The van der Waals surface area contributed by atoms with Crippen LogP contribution in [-0.4, -0.2) is 49.8 Å². The van der Waals surface area contributed by atoms with Crippen molar-refractivity contribution in [1.29, 1.82) is 0 Å². The highest BCUT2D eigenvalue weighted by molar-refractivity contribution is 5.97. The monoisotopic (exact) mass is 398 g/mol. The van der Waals surface area contributed by atoms with Gasteiger partial charge in [0.15, 0.2) is 23.0 Å². The van der Waals surface area contributed by atoms with Gasteiger partial charge in [0.1, 0.15) is 5.52 Å². The predicted molar refractivity (Wildman–Crippen MR) is 88.4 cm³/mol. The molecule has 2 N–H and O–H groups in total. The van der Waals surface area contributed by atoms with Crippen molar-refractivity contribution < 1.29 is 27.0 Å². The van der Waals surface area contributed by atoms with Crippen molar-refractivity contribution in [2.24, 2.45) is 0 Å². The average molecular weight is 398 g/mol. The van der Waals surface area contributed by atoms with Crippen molar-refractivity contribution in [1.82, 2.24) is 24.5 Å². The molecule has 0 amide bonds. The van der Waals surface area contributed by atoms with E-state index in [1.54, 1.807) is 0 Å². The second-order valence-electron chi connectivity index (χ2n) is 6.82. The Kier molecular flexibility index (Phi) is 3.42. The van der Waals surface area contributed by atoms with E-state index in [0.717, 1.165) is 0 Å². The second-order valence-corrected chi connectivity index (χ2v) is 6.82. The maximum Gasteiger partial charge on any atom is 0.586 e. The zero-order valence-corrected chi connectivity index (χ0v) is 14.3. The number of ether oxygens (including phenoxy) is 2. The number of aromatic nitrogens is 4. The molecule has 1 saturated heterocycles. The molecule has 1 fully saturated rings. The lowest BCUT2D eigenvalue weighted by atomic mass is 10.1. The van der Waals surface area contributed by atoms with E-state index in [-0.39, 0.29) is 55.4 Å². The van der Waals surface area contributed by atoms with Crippen LogP contribution in [0.3, 0.4) is 0 Å². The van der Waals surface area contributed by atoms with Crippen molar-refractivity contribution >= 4 is 22.5 Å². The smallest absolute Gasteiger partial charge is 0.395 e. The quantitative estimate of drug-likeness (QED) is 0.663. The van der Waals surface area contributed by atoms with Gasteiger partial charge in [-0.1, -0.05) is 0 Å². The molecule has 2 aromatic heterocycles. The molecule has 2 aliphatic rings. The van der Waals surface area contributed by atoms with E-state index in [4.69, 9.17) is 5.73 Å². The SMILES string of the molecule is Nc1nc2c3c(ccc2c2nc(CN4CCC(F)(F)CC4)nn12)OC(F)(F)O3. The molecule has 3 aromatic rings. The third-order valence-electron chi connectivity index (χ3n) is 4.83. The highest BCUT2D eigenvalue weighted by atomic mass is 19.3. The van der Waals surface area contributed by atoms with Crippen molar-refractivity contribution in [3.05, 3.63) is 18.0 Å². The number of fused-ring (bicyclic) bond motifs is 5. The maximum atomic E-state index is 13.4. The molecule has 148 valence electrons. The van der Waals surface area contributed by atoms with Gasteiger partial charge in [-0.05, 0) is 12.1 Å². The number of alkyl halides is 4. The standard InChI is InChI=1S/C16H14F4N6O2/c17-15(18)3-5-25(6-4-15)7-10-22-13-8-1-2-9-12(28-16(19,20)27-9)11(8)23-14(21)26(13)24-10/h1-2H,3-7H2,(H2,21,23). The van der Waals surface area contributed by atoms with Crippen LogP contribution in [0.25, 0.3) is 16.6 Å². The summed E-state index contributed by atoms with van der Waals surface area (Å²) in [6.07, 6.45) is -4.22. The molecular weight excluding hydrogens is 384 g/mol. The molecular formula is C16H14F4N6O2. The first-order chi connectivity index (χ1) is 13.2. The molecule has 1 aromatic carbocycles. The topological polar surface area (TPSA) is 90.8 Å². The molecule has 5 rings (SSSR count). The molecule has 12 heteroatoms. The molecule has 0 bridgehead atoms. The Hall–Kier alpha value is -2.89. The van der Waals surface area contributed by atoms with Gasteiger partial charge in [-0.3, -0.25) is 4.90 Å². The summed E-state index contributed by atoms with van der Waals surface area (Å²) in [7, 11) is 0. The first-order valence-corrected chi connectivity index (χ1v) is 8.55. The first kappa shape index (κ1) is 17.2. The van der Waals surface area contributed by atoms with Gasteiger partial charge >= 0.3 is 6.29 Å². The van der Waals surface area contributed by atoms with Crippen molar-refractivity contribution in [3.63, 3.8) is 0 Å². The van der Waals surface area contributed by atoms with Gasteiger partial charge in [0, 0.05) is 31.3 Å². The Balaban J connectivity index is 1.53. The minimum absolute atomic E-state index is 0.0707. The number of piperidine rings is 1. The number of nitrogen functional groups attached to an aromatic ring is 1. The number of hydrogen-bond donors (Lipinski definition) is 1. The molecule has 0 saturated carbocycles. The van der Waals surface area contributed by atoms with Crippen LogP contribution in [0.1, 0.15) is 18.7 Å². The molecule has 8 nitrogen and oxygen atoms in total. The van der Waals surface area contributed by atoms with E-state index in [0.29, 0.717) is 16.9 Å². The van der Waals surface area contributed by atoms with Crippen molar-refractivity contribution in [2.45, 2.75) is 31.6 Å². The van der Waals surface area contributed by atoms with Crippen LogP contribution >= 0.6 is 0 Å². The minimum Gasteiger partial charge on any atom is -0.395 e. The van der Waals surface area contributed by atoms with Crippen LogP contribution < -0.4 is 15.2 Å².